The zero-order chi connectivity index (χ0) is 10.4. The molecule has 0 bridgehead atoms. The van der Waals surface area contributed by atoms with E-state index in [9.17, 15) is 0 Å². The molecule has 1 atom stereocenters. The Bertz CT molecular complexity index is 138. The standard InChI is InChI=1S/C12H26N2/c1-4-12(5-2,6-3)14-10-11-7-8-13-9-11/h11,13-14H,4-10H2,1-3H3. The van der Waals surface area contributed by atoms with Crippen LogP contribution in [-0.2, 0) is 0 Å². The van der Waals surface area contributed by atoms with E-state index in [1.807, 2.05) is 0 Å². The number of hydrogen-bond acceptors (Lipinski definition) is 2. The van der Waals surface area contributed by atoms with Crippen molar-refractivity contribution in [2.75, 3.05) is 19.6 Å². The van der Waals surface area contributed by atoms with Gasteiger partial charge in [-0.15, -0.1) is 0 Å². The molecule has 1 aliphatic heterocycles. The Balaban J connectivity index is 2.31. The van der Waals surface area contributed by atoms with Crippen molar-refractivity contribution in [2.45, 2.75) is 52.0 Å². The Morgan fingerprint density at radius 2 is 1.86 bits per heavy atom. The Morgan fingerprint density at radius 3 is 2.29 bits per heavy atom. The second kappa shape index (κ2) is 5.72. The molecule has 0 aliphatic carbocycles. The molecular formula is C12H26N2. The summed E-state index contributed by atoms with van der Waals surface area (Å²) in [7, 11) is 0. The second-order valence-electron chi connectivity index (χ2n) is 4.58. The summed E-state index contributed by atoms with van der Waals surface area (Å²) in [6.45, 7) is 10.5. The van der Waals surface area contributed by atoms with Crippen LogP contribution in [-0.4, -0.2) is 25.2 Å². The van der Waals surface area contributed by atoms with Gasteiger partial charge in [0, 0.05) is 5.54 Å². The highest BCUT2D eigenvalue weighted by Gasteiger charge is 2.24. The van der Waals surface area contributed by atoms with Gasteiger partial charge in [-0.25, -0.2) is 0 Å². The predicted molar refractivity (Wildman–Crippen MR) is 62.6 cm³/mol. The molecule has 84 valence electrons. The molecule has 0 radical (unpaired) electrons. The first-order valence-electron chi connectivity index (χ1n) is 6.22. The van der Waals surface area contributed by atoms with Crippen LogP contribution in [0.2, 0.25) is 0 Å². The van der Waals surface area contributed by atoms with Crippen LogP contribution in [0.25, 0.3) is 0 Å². The van der Waals surface area contributed by atoms with Gasteiger partial charge in [0.2, 0.25) is 0 Å². The van der Waals surface area contributed by atoms with E-state index in [2.05, 4.69) is 31.4 Å². The quantitative estimate of drug-likeness (QED) is 0.683. The van der Waals surface area contributed by atoms with Crippen LogP contribution in [0.5, 0.6) is 0 Å². The molecule has 2 N–H and O–H groups in total. The van der Waals surface area contributed by atoms with Gasteiger partial charge >= 0.3 is 0 Å². The first-order chi connectivity index (χ1) is 6.76. The van der Waals surface area contributed by atoms with Crippen molar-refractivity contribution in [2.24, 2.45) is 5.92 Å². The Morgan fingerprint density at radius 1 is 1.21 bits per heavy atom. The van der Waals surface area contributed by atoms with Crippen LogP contribution >= 0.6 is 0 Å². The second-order valence-corrected chi connectivity index (χ2v) is 4.58. The molecule has 2 heteroatoms. The summed E-state index contributed by atoms with van der Waals surface area (Å²) < 4.78 is 0. The van der Waals surface area contributed by atoms with Gasteiger partial charge in [0.05, 0.1) is 0 Å². The fourth-order valence-corrected chi connectivity index (χ4v) is 2.37. The van der Waals surface area contributed by atoms with Crippen molar-refractivity contribution in [3.05, 3.63) is 0 Å². The maximum Gasteiger partial charge on any atom is 0.0173 e. The highest BCUT2D eigenvalue weighted by molar-refractivity contribution is 4.86. The SMILES string of the molecule is CCC(CC)(CC)NCC1CCNC1. The lowest BCUT2D eigenvalue weighted by Crippen LogP contribution is -2.46. The average molecular weight is 198 g/mol. The summed E-state index contributed by atoms with van der Waals surface area (Å²) in [5, 5.41) is 7.21. The molecule has 2 nitrogen and oxygen atoms in total. The summed E-state index contributed by atoms with van der Waals surface area (Å²) in [5.41, 5.74) is 0.405. The van der Waals surface area contributed by atoms with E-state index >= 15 is 0 Å². The van der Waals surface area contributed by atoms with E-state index in [0.717, 1.165) is 5.92 Å². The molecule has 0 spiro atoms. The molecular weight excluding hydrogens is 172 g/mol. The van der Waals surface area contributed by atoms with E-state index in [1.165, 1.54) is 45.3 Å². The summed E-state index contributed by atoms with van der Waals surface area (Å²) in [5.74, 6) is 0.860. The van der Waals surface area contributed by atoms with Crippen LogP contribution in [0.4, 0.5) is 0 Å². The summed E-state index contributed by atoms with van der Waals surface area (Å²) >= 11 is 0. The minimum Gasteiger partial charge on any atom is -0.316 e. The molecule has 0 aromatic carbocycles. The monoisotopic (exact) mass is 198 g/mol. The molecule has 0 saturated carbocycles. The van der Waals surface area contributed by atoms with Gasteiger partial charge < -0.3 is 10.6 Å². The van der Waals surface area contributed by atoms with Crippen LogP contribution in [0.15, 0.2) is 0 Å². The zero-order valence-corrected chi connectivity index (χ0v) is 10.0. The minimum absolute atomic E-state index is 0.405. The van der Waals surface area contributed by atoms with Crippen molar-refractivity contribution in [1.82, 2.24) is 10.6 Å². The van der Waals surface area contributed by atoms with E-state index in [-0.39, 0.29) is 0 Å². The first kappa shape index (κ1) is 12.0. The Hall–Kier alpha value is -0.0800. The lowest BCUT2D eigenvalue weighted by molar-refractivity contribution is 0.273. The molecule has 1 unspecified atom stereocenters. The molecule has 1 fully saturated rings. The van der Waals surface area contributed by atoms with Crippen LogP contribution in [0, 0.1) is 5.92 Å². The van der Waals surface area contributed by atoms with Gasteiger partial charge in [0.15, 0.2) is 0 Å². The molecule has 1 rings (SSSR count). The zero-order valence-electron chi connectivity index (χ0n) is 10.0. The first-order valence-corrected chi connectivity index (χ1v) is 6.22. The lowest BCUT2D eigenvalue weighted by Gasteiger charge is -2.33. The molecule has 0 aromatic heterocycles. The van der Waals surface area contributed by atoms with Gasteiger partial charge in [-0.3, -0.25) is 0 Å². The van der Waals surface area contributed by atoms with Gasteiger partial charge in [0.1, 0.15) is 0 Å². The molecule has 1 aliphatic rings. The molecule has 0 amide bonds. The minimum atomic E-state index is 0.405. The Labute approximate surface area is 88.8 Å². The highest BCUT2D eigenvalue weighted by Crippen LogP contribution is 2.20. The van der Waals surface area contributed by atoms with Crippen molar-refractivity contribution in [1.29, 1.82) is 0 Å². The summed E-state index contributed by atoms with van der Waals surface area (Å²) in [6, 6.07) is 0. The maximum absolute atomic E-state index is 3.78. The van der Waals surface area contributed by atoms with Crippen molar-refractivity contribution in [3.63, 3.8) is 0 Å². The average Bonchev–Trinajstić information content (AvgIpc) is 2.74. The highest BCUT2D eigenvalue weighted by atomic mass is 15.0. The summed E-state index contributed by atoms with van der Waals surface area (Å²) in [4.78, 5) is 0. The molecule has 1 heterocycles. The van der Waals surface area contributed by atoms with E-state index in [1.54, 1.807) is 0 Å². The number of nitrogens with one attached hydrogen (secondary N) is 2. The molecule has 0 aromatic rings. The predicted octanol–water partition coefficient (Wildman–Crippen LogP) is 2.15. The largest absolute Gasteiger partial charge is 0.316 e. The molecule has 1 saturated heterocycles. The number of hydrogen-bond donors (Lipinski definition) is 2. The fourth-order valence-electron chi connectivity index (χ4n) is 2.37. The normalized spacial score (nSPS) is 22.9. The van der Waals surface area contributed by atoms with Crippen molar-refractivity contribution >= 4 is 0 Å². The van der Waals surface area contributed by atoms with Crippen LogP contribution < -0.4 is 10.6 Å². The lowest BCUT2D eigenvalue weighted by atomic mass is 9.89. The van der Waals surface area contributed by atoms with E-state index in [4.69, 9.17) is 0 Å². The third kappa shape index (κ3) is 2.96. The molecule has 14 heavy (non-hydrogen) atoms. The third-order valence-electron chi connectivity index (χ3n) is 3.96. The van der Waals surface area contributed by atoms with Crippen LogP contribution in [0.3, 0.4) is 0 Å². The van der Waals surface area contributed by atoms with Crippen molar-refractivity contribution < 1.29 is 0 Å². The van der Waals surface area contributed by atoms with Gasteiger partial charge in [-0.1, -0.05) is 20.8 Å². The van der Waals surface area contributed by atoms with Gasteiger partial charge in [0.25, 0.3) is 0 Å². The van der Waals surface area contributed by atoms with Crippen molar-refractivity contribution in [3.8, 4) is 0 Å². The topological polar surface area (TPSA) is 24.1 Å². The van der Waals surface area contributed by atoms with Crippen LogP contribution in [0.1, 0.15) is 46.5 Å². The Kier molecular flexibility index (Phi) is 4.90. The van der Waals surface area contributed by atoms with E-state index in [0.29, 0.717) is 5.54 Å². The summed E-state index contributed by atoms with van der Waals surface area (Å²) in [6.07, 6.45) is 5.10. The van der Waals surface area contributed by atoms with E-state index < -0.39 is 0 Å². The van der Waals surface area contributed by atoms with Gasteiger partial charge in [-0.2, -0.15) is 0 Å². The number of rotatable bonds is 6. The van der Waals surface area contributed by atoms with Gasteiger partial charge in [-0.05, 0) is 51.2 Å². The smallest absolute Gasteiger partial charge is 0.0173 e. The maximum atomic E-state index is 3.78. The fraction of sp³-hybridized carbons (Fsp3) is 1.00. The third-order valence-corrected chi connectivity index (χ3v) is 3.96.